The molecule has 0 spiro atoms. The monoisotopic (exact) mass is 227 g/mol. The molecule has 1 rings (SSSR count). The minimum absolute atomic E-state index is 1.16. The molecule has 0 atom stereocenters. The first-order valence-electron chi connectivity index (χ1n) is 3.03. The zero-order chi connectivity index (χ0) is 11.4. The second-order valence-corrected chi connectivity index (χ2v) is 2.57. The van der Waals surface area contributed by atoms with E-state index in [4.69, 9.17) is 0 Å². The van der Waals surface area contributed by atoms with Crippen LogP contribution in [0.15, 0.2) is 4.99 Å². The van der Waals surface area contributed by atoms with Crippen LogP contribution in [0.25, 0.3) is 0 Å². The van der Waals surface area contributed by atoms with E-state index < -0.39 is 30.0 Å². The van der Waals surface area contributed by atoms with Crippen molar-refractivity contribution in [3.8, 4) is 0 Å². The first-order valence-corrected chi connectivity index (χ1v) is 3.03. The van der Waals surface area contributed by atoms with Gasteiger partial charge in [0.2, 0.25) is 0 Å². The highest BCUT2D eigenvalue weighted by atomic mass is 19.4. The fourth-order valence-corrected chi connectivity index (χ4v) is 0.722. The third kappa shape index (κ3) is 1.04. The van der Waals surface area contributed by atoms with Crippen LogP contribution in [0.4, 0.5) is 35.1 Å². The third-order valence-electron chi connectivity index (χ3n) is 1.58. The highest BCUT2D eigenvalue weighted by Gasteiger charge is 2.83. The van der Waals surface area contributed by atoms with E-state index in [0.29, 0.717) is 0 Å². The topological polar surface area (TPSA) is 12.4 Å². The Hall–Kier alpha value is -0.890. The van der Waals surface area contributed by atoms with E-state index in [9.17, 15) is 35.1 Å². The van der Waals surface area contributed by atoms with E-state index in [1.807, 2.05) is 0 Å². The zero-order valence-electron chi connectivity index (χ0n) is 6.05. The van der Waals surface area contributed by atoms with Crippen molar-refractivity contribution in [3.05, 3.63) is 0 Å². The molecule has 1 nitrogen and oxygen atoms in total. The van der Waals surface area contributed by atoms with Crippen LogP contribution in [0.1, 0.15) is 0 Å². The Labute approximate surface area is 71.4 Å². The van der Waals surface area contributed by atoms with Crippen molar-refractivity contribution in [3.63, 3.8) is 0 Å². The Kier molecular flexibility index (Phi) is 1.89. The number of halogens is 8. The molecule has 9 heteroatoms. The van der Waals surface area contributed by atoms with Crippen molar-refractivity contribution in [2.24, 2.45) is 4.99 Å². The summed E-state index contributed by atoms with van der Waals surface area (Å²) in [6, 6.07) is -5.53. The van der Waals surface area contributed by atoms with Gasteiger partial charge in [-0.2, -0.15) is 35.1 Å². The molecule has 0 radical (unpaired) electrons. The molecule has 82 valence electrons. The van der Waals surface area contributed by atoms with Crippen LogP contribution in [-0.2, 0) is 0 Å². The van der Waals surface area contributed by atoms with E-state index in [2.05, 4.69) is 0 Å². The molecule has 0 bridgehead atoms. The van der Waals surface area contributed by atoms with Crippen LogP contribution in [0.2, 0.25) is 0 Å². The van der Waals surface area contributed by atoms with Crippen molar-refractivity contribution in [2.45, 2.75) is 23.8 Å². The number of nitrogens with zero attached hydrogens (tertiary/aromatic N) is 1. The lowest BCUT2D eigenvalue weighted by atomic mass is 10.0. The SMILES string of the molecule is FC1(F)C=NC(F)(F)C(F)(F)C1(F)F. The van der Waals surface area contributed by atoms with Gasteiger partial charge in [0.1, 0.15) is 0 Å². The summed E-state index contributed by atoms with van der Waals surface area (Å²) in [5.74, 6) is -17.8. The summed E-state index contributed by atoms with van der Waals surface area (Å²) in [7, 11) is 0. The van der Waals surface area contributed by atoms with Crippen LogP contribution in [0.5, 0.6) is 0 Å². The largest absolute Gasteiger partial charge is 0.411 e. The van der Waals surface area contributed by atoms with Gasteiger partial charge in [-0.25, -0.2) is 4.99 Å². The van der Waals surface area contributed by atoms with Gasteiger partial charge in [0.15, 0.2) is 0 Å². The fraction of sp³-hybridized carbons (Fsp3) is 0.800. The predicted octanol–water partition coefficient (Wildman–Crippen LogP) is 2.57. The molecule has 0 aromatic carbocycles. The molecule has 14 heavy (non-hydrogen) atoms. The molecular formula is C5HF8N. The first kappa shape index (κ1) is 11.2. The predicted molar refractivity (Wildman–Crippen MR) is 28.3 cm³/mol. The number of hydrogen-bond acceptors (Lipinski definition) is 1. The standard InChI is InChI=1S/C5HF8N/c6-2(7)1-14-5(12,13)4(10,11)3(2,8)9/h1H. The van der Waals surface area contributed by atoms with E-state index in [0.717, 1.165) is 0 Å². The minimum Gasteiger partial charge on any atom is -0.217 e. The maximum atomic E-state index is 12.2. The normalized spacial score (nSPS) is 31.4. The van der Waals surface area contributed by atoms with Crippen molar-refractivity contribution in [1.29, 1.82) is 0 Å². The Bertz CT molecular complexity index is 251. The molecule has 1 aliphatic heterocycles. The van der Waals surface area contributed by atoms with Gasteiger partial charge in [-0.3, -0.25) is 0 Å². The molecule has 0 saturated carbocycles. The quantitative estimate of drug-likeness (QED) is 0.445. The average molecular weight is 227 g/mol. The molecule has 0 N–H and O–H groups in total. The van der Waals surface area contributed by atoms with Crippen molar-refractivity contribution < 1.29 is 35.1 Å². The summed E-state index contributed by atoms with van der Waals surface area (Å²) in [5.41, 5.74) is 0. The van der Waals surface area contributed by atoms with Crippen LogP contribution >= 0.6 is 0 Å². The van der Waals surface area contributed by atoms with E-state index in [-0.39, 0.29) is 0 Å². The Morgan fingerprint density at radius 2 is 1.14 bits per heavy atom. The Morgan fingerprint density at radius 1 is 0.714 bits per heavy atom. The Morgan fingerprint density at radius 3 is 1.50 bits per heavy atom. The van der Waals surface area contributed by atoms with Crippen molar-refractivity contribution in [1.82, 2.24) is 0 Å². The van der Waals surface area contributed by atoms with Gasteiger partial charge in [0.25, 0.3) is 0 Å². The highest BCUT2D eigenvalue weighted by Crippen LogP contribution is 2.54. The first-order chi connectivity index (χ1) is 5.96. The number of hydrogen-bond donors (Lipinski definition) is 0. The average Bonchev–Trinajstić information content (AvgIpc) is 1.98. The summed E-state index contributed by atoms with van der Waals surface area (Å²) in [4.78, 5) is 1.42. The van der Waals surface area contributed by atoms with Gasteiger partial charge in [0, 0.05) is 0 Å². The molecular weight excluding hydrogens is 226 g/mol. The lowest BCUT2D eigenvalue weighted by Crippen LogP contribution is -2.65. The lowest BCUT2D eigenvalue weighted by Gasteiger charge is -2.36. The molecule has 1 aliphatic rings. The number of alkyl halides is 8. The van der Waals surface area contributed by atoms with Gasteiger partial charge < -0.3 is 0 Å². The summed E-state index contributed by atoms with van der Waals surface area (Å²) >= 11 is 0. The smallest absolute Gasteiger partial charge is 0.217 e. The van der Waals surface area contributed by atoms with Gasteiger partial charge in [-0.15, -0.1) is 0 Å². The second-order valence-electron chi connectivity index (χ2n) is 2.57. The van der Waals surface area contributed by atoms with E-state index in [1.54, 1.807) is 0 Å². The maximum Gasteiger partial charge on any atom is 0.411 e. The molecule has 0 aromatic heterocycles. The Balaban J connectivity index is 3.36. The lowest BCUT2D eigenvalue weighted by molar-refractivity contribution is -0.355. The van der Waals surface area contributed by atoms with Crippen LogP contribution in [0.3, 0.4) is 0 Å². The maximum absolute atomic E-state index is 12.2. The molecule has 0 amide bonds. The summed E-state index contributed by atoms with van der Waals surface area (Å²) in [6.07, 6.45) is -1.16. The van der Waals surface area contributed by atoms with Gasteiger partial charge in [-0.05, 0) is 0 Å². The number of aliphatic imine (C=N–C) groups is 1. The van der Waals surface area contributed by atoms with Crippen molar-refractivity contribution in [2.75, 3.05) is 0 Å². The van der Waals surface area contributed by atoms with Crippen LogP contribution < -0.4 is 0 Å². The summed E-state index contributed by atoms with van der Waals surface area (Å²) in [6.45, 7) is 0. The van der Waals surface area contributed by atoms with E-state index in [1.165, 1.54) is 4.99 Å². The summed E-state index contributed by atoms with van der Waals surface area (Å²) in [5, 5.41) is 0. The molecule has 0 aromatic rings. The second kappa shape index (κ2) is 2.37. The van der Waals surface area contributed by atoms with Gasteiger partial charge >= 0.3 is 23.8 Å². The van der Waals surface area contributed by atoms with Crippen LogP contribution in [-0.4, -0.2) is 30.0 Å². The fourth-order valence-electron chi connectivity index (χ4n) is 0.722. The third-order valence-corrected chi connectivity index (χ3v) is 1.58. The molecule has 0 saturated heterocycles. The molecule has 0 aliphatic carbocycles. The van der Waals surface area contributed by atoms with Crippen LogP contribution in [0, 0.1) is 0 Å². The zero-order valence-corrected chi connectivity index (χ0v) is 6.05. The summed E-state index contributed by atoms with van der Waals surface area (Å²) < 4.78 is 97.0. The molecule has 0 unspecified atom stereocenters. The highest BCUT2D eigenvalue weighted by molar-refractivity contribution is 5.70. The van der Waals surface area contributed by atoms with E-state index >= 15 is 0 Å². The number of rotatable bonds is 0. The van der Waals surface area contributed by atoms with Gasteiger partial charge in [-0.1, -0.05) is 0 Å². The molecule has 1 heterocycles. The van der Waals surface area contributed by atoms with Crippen molar-refractivity contribution >= 4 is 6.21 Å². The van der Waals surface area contributed by atoms with Gasteiger partial charge in [0.05, 0.1) is 6.21 Å². The molecule has 0 fully saturated rings. The minimum atomic E-state index is -6.21.